The number of alkyl halides is 2. The average Bonchev–Trinajstić information content (AvgIpc) is 2.38. The Kier molecular flexibility index (Phi) is 4.74. The van der Waals surface area contributed by atoms with E-state index in [1.807, 2.05) is 13.0 Å². The van der Waals surface area contributed by atoms with Crippen LogP contribution in [-0.4, -0.2) is 11.6 Å². The highest BCUT2D eigenvalue weighted by molar-refractivity contribution is 6.29. The van der Waals surface area contributed by atoms with E-state index < -0.39 is 6.61 Å². The van der Waals surface area contributed by atoms with Gasteiger partial charge in [0, 0.05) is 17.9 Å². The SMILES string of the molecule is CC(Nc1ccnc(Cl)c1)c1cccc(OC(F)F)c1. The molecule has 1 aromatic carbocycles. The molecule has 0 fully saturated rings. The molecule has 0 radical (unpaired) electrons. The molecule has 1 atom stereocenters. The Morgan fingerprint density at radius 3 is 2.75 bits per heavy atom. The van der Waals surface area contributed by atoms with Crippen LogP contribution in [0.25, 0.3) is 0 Å². The van der Waals surface area contributed by atoms with E-state index >= 15 is 0 Å². The van der Waals surface area contributed by atoms with Gasteiger partial charge >= 0.3 is 6.61 Å². The van der Waals surface area contributed by atoms with Gasteiger partial charge in [-0.3, -0.25) is 0 Å². The smallest absolute Gasteiger partial charge is 0.387 e. The molecular weight excluding hydrogens is 286 g/mol. The third-order valence-electron chi connectivity index (χ3n) is 2.69. The lowest BCUT2D eigenvalue weighted by Crippen LogP contribution is -2.08. The molecule has 0 saturated heterocycles. The molecule has 1 heterocycles. The summed E-state index contributed by atoms with van der Waals surface area (Å²) in [6.45, 7) is -0.914. The van der Waals surface area contributed by atoms with E-state index in [0.717, 1.165) is 11.3 Å². The van der Waals surface area contributed by atoms with Crippen molar-refractivity contribution in [2.24, 2.45) is 0 Å². The van der Waals surface area contributed by atoms with Crippen LogP contribution in [-0.2, 0) is 0 Å². The molecule has 0 aliphatic heterocycles. The van der Waals surface area contributed by atoms with Crippen molar-refractivity contribution in [2.75, 3.05) is 5.32 Å². The number of aromatic nitrogens is 1. The summed E-state index contributed by atoms with van der Waals surface area (Å²) in [5.41, 5.74) is 1.63. The Bertz CT molecular complexity index is 581. The first-order valence-corrected chi connectivity index (χ1v) is 6.35. The number of rotatable bonds is 5. The van der Waals surface area contributed by atoms with Gasteiger partial charge in [-0.1, -0.05) is 23.7 Å². The van der Waals surface area contributed by atoms with Gasteiger partial charge in [0.05, 0.1) is 0 Å². The van der Waals surface area contributed by atoms with Gasteiger partial charge in [-0.05, 0) is 36.8 Å². The third-order valence-corrected chi connectivity index (χ3v) is 2.90. The summed E-state index contributed by atoms with van der Waals surface area (Å²) < 4.78 is 28.8. The van der Waals surface area contributed by atoms with Gasteiger partial charge in [0.15, 0.2) is 0 Å². The summed E-state index contributed by atoms with van der Waals surface area (Å²) in [7, 11) is 0. The van der Waals surface area contributed by atoms with E-state index in [1.54, 1.807) is 30.5 Å². The lowest BCUT2D eigenvalue weighted by atomic mass is 10.1. The van der Waals surface area contributed by atoms with Gasteiger partial charge < -0.3 is 10.1 Å². The first-order valence-electron chi connectivity index (χ1n) is 5.97. The Labute approximate surface area is 120 Å². The minimum Gasteiger partial charge on any atom is -0.435 e. The average molecular weight is 299 g/mol. The summed E-state index contributed by atoms with van der Waals surface area (Å²) in [6.07, 6.45) is 1.59. The summed E-state index contributed by atoms with van der Waals surface area (Å²) in [5.74, 6) is 0.138. The molecular formula is C14H13ClF2N2O. The third kappa shape index (κ3) is 4.06. The van der Waals surface area contributed by atoms with Gasteiger partial charge in [-0.2, -0.15) is 8.78 Å². The summed E-state index contributed by atoms with van der Waals surface area (Å²) >= 11 is 5.80. The minimum absolute atomic E-state index is 0.0883. The molecule has 3 nitrogen and oxygen atoms in total. The molecule has 20 heavy (non-hydrogen) atoms. The monoisotopic (exact) mass is 298 g/mol. The largest absolute Gasteiger partial charge is 0.435 e. The fourth-order valence-corrected chi connectivity index (χ4v) is 1.96. The van der Waals surface area contributed by atoms with Crippen LogP contribution in [0.5, 0.6) is 5.75 Å². The highest BCUT2D eigenvalue weighted by atomic mass is 35.5. The van der Waals surface area contributed by atoms with Gasteiger partial charge in [0.1, 0.15) is 10.9 Å². The molecule has 0 spiro atoms. The van der Waals surface area contributed by atoms with Crippen LogP contribution >= 0.6 is 11.6 Å². The van der Waals surface area contributed by atoms with Crippen LogP contribution in [0.3, 0.4) is 0 Å². The molecule has 2 rings (SSSR count). The minimum atomic E-state index is -2.83. The highest BCUT2D eigenvalue weighted by Crippen LogP contribution is 2.24. The van der Waals surface area contributed by atoms with Crippen molar-refractivity contribution in [2.45, 2.75) is 19.6 Å². The second kappa shape index (κ2) is 6.52. The first kappa shape index (κ1) is 14.5. The maximum Gasteiger partial charge on any atom is 0.387 e. The van der Waals surface area contributed by atoms with Gasteiger partial charge in [0.25, 0.3) is 0 Å². The Balaban J connectivity index is 2.10. The maximum atomic E-state index is 12.2. The zero-order valence-corrected chi connectivity index (χ0v) is 11.4. The number of anilines is 1. The number of benzene rings is 1. The predicted molar refractivity (Wildman–Crippen MR) is 74.4 cm³/mol. The molecule has 1 N–H and O–H groups in total. The van der Waals surface area contributed by atoms with E-state index in [9.17, 15) is 8.78 Å². The van der Waals surface area contributed by atoms with Crippen LogP contribution in [0.15, 0.2) is 42.6 Å². The molecule has 0 saturated carbocycles. The first-order chi connectivity index (χ1) is 9.54. The Morgan fingerprint density at radius 1 is 1.25 bits per heavy atom. The number of halogens is 3. The van der Waals surface area contributed by atoms with Crippen LogP contribution in [0.4, 0.5) is 14.5 Å². The maximum absolute atomic E-state index is 12.2. The summed E-state index contributed by atoms with van der Waals surface area (Å²) in [6, 6.07) is 9.95. The fourth-order valence-electron chi connectivity index (χ4n) is 1.79. The van der Waals surface area contributed by atoms with E-state index in [2.05, 4.69) is 15.0 Å². The zero-order chi connectivity index (χ0) is 14.5. The number of nitrogens with one attached hydrogen (secondary N) is 1. The van der Waals surface area contributed by atoms with E-state index in [-0.39, 0.29) is 11.8 Å². The molecule has 106 valence electrons. The molecule has 2 aromatic rings. The van der Waals surface area contributed by atoms with Crippen molar-refractivity contribution < 1.29 is 13.5 Å². The van der Waals surface area contributed by atoms with Crippen LogP contribution in [0.1, 0.15) is 18.5 Å². The quantitative estimate of drug-likeness (QED) is 0.825. The molecule has 0 bridgehead atoms. The van der Waals surface area contributed by atoms with Gasteiger partial charge in [-0.25, -0.2) is 4.98 Å². The molecule has 0 aliphatic carbocycles. The second-order valence-electron chi connectivity index (χ2n) is 4.18. The van der Waals surface area contributed by atoms with Crippen LogP contribution in [0.2, 0.25) is 5.15 Å². The second-order valence-corrected chi connectivity index (χ2v) is 4.57. The number of hydrogen-bond donors (Lipinski definition) is 1. The lowest BCUT2D eigenvalue weighted by Gasteiger charge is -2.16. The van der Waals surface area contributed by atoms with Gasteiger partial charge in [-0.15, -0.1) is 0 Å². The van der Waals surface area contributed by atoms with Crippen LogP contribution in [0, 0.1) is 0 Å². The topological polar surface area (TPSA) is 34.2 Å². The van der Waals surface area contributed by atoms with Crippen molar-refractivity contribution in [1.29, 1.82) is 0 Å². The predicted octanol–water partition coefficient (Wildman–Crippen LogP) is 4.51. The lowest BCUT2D eigenvalue weighted by molar-refractivity contribution is -0.0498. The Morgan fingerprint density at radius 2 is 2.05 bits per heavy atom. The van der Waals surface area contributed by atoms with Crippen molar-refractivity contribution in [1.82, 2.24) is 4.98 Å². The van der Waals surface area contributed by atoms with Crippen molar-refractivity contribution in [3.05, 3.63) is 53.3 Å². The molecule has 6 heteroatoms. The number of nitrogens with zero attached hydrogens (tertiary/aromatic N) is 1. The zero-order valence-electron chi connectivity index (χ0n) is 10.7. The highest BCUT2D eigenvalue weighted by Gasteiger charge is 2.09. The van der Waals surface area contributed by atoms with Crippen molar-refractivity contribution >= 4 is 17.3 Å². The normalized spacial score (nSPS) is 12.2. The number of hydrogen-bond acceptors (Lipinski definition) is 3. The number of pyridine rings is 1. The van der Waals surface area contributed by atoms with Crippen LogP contribution < -0.4 is 10.1 Å². The summed E-state index contributed by atoms with van der Waals surface area (Å²) in [4.78, 5) is 3.89. The van der Waals surface area contributed by atoms with E-state index in [4.69, 9.17) is 11.6 Å². The molecule has 1 unspecified atom stereocenters. The number of ether oxygens (including phenoxy) is 1. The standard InChI is InChI=1S/C14H13ClF2N2O/c1-9(19-11-5-6-18-13(15)8-11)10-3-2-4-12(7-10)20-14(16)17/h2-9,14H,1H3,(H,18,19). The molecule has 0 amide bonds. The van der Waals surface area contributed by atoms with Crippen molar-refractivity contribution in [3.63, 3.8) is 0 Å². The molecule has 0 aliphatic rings. The van der Waals surface area contributed by atoms with E-state index in [0.29, 0.717) is 5.15 Å². The van der Waals surface area contributed by atoms with Gasteiger partial charge in [0.2, 0.25) is 0 Å². The van der Waals surface area contributed by atoms with E-state index in [1.165, 1.54) is 6.07 Å². The Hall–Kier alpha value is -1.88. The molecule has 1 aromatic heterocycles. The van der Waals surface area contributed by atoms with Crippen molar-refractivity contribution in [3.8, 4) is 5.75 Å². The summed E-state index contributed by atoms with van der Waals surface area (Å²) in [5, 5.41) is 3.60. The fraction of sp³-hybridized carbons (Fsp3) is 0.214.